The van der Waals surface area contributed by atoms with Gasteiger partial charge in [-0.15, -0.1) is 0 Å². The third-order valence-corrected chi connectivity index (χ3v) is 3.88. The Bertz CT molecular complexity index is 874. The Balaban J connectivity index is 1.77. The van der Waals surface area contributed by atoms with Gasteiger partial charge in [-0.2, -0.15) is 0 Å². The monoisotopic (exact) mass is 376 g/mol. The van der Waals surface area contributed by atoms with E-state index in [0.717, 1.165) is 0 Å². The van der Waals surface area contributed by atoms with E-state index in [1.807, 2.05) is 30.3 Å². The van der Waals surface area contributed by atoms with Crippen molar-refractivity contribution in [1.82, 2.24) is 5.16 Å². The van der Waals surface area contributed by atoms with E-state index in [1.165, 1.54) is 0 Å². The molecule has 2 aromatic carbocycles. The lowest BCUT2D eigenvalue weighted by molar-refractivity contribution is 0.101. The minimum Gasteiger partial charge on any atom is -0.489 e. The van der Waals surface area contributed by atoms with Gasteiger partial charge in [-0.05, 0) is 37.3 Å². The molecular formula is C18H14Cl2N2O3. The van der Waals surface area contributed by atoms with Crippen molar-refractivity contribution in [3.05, 3.63) is 75.6 Å². The van der Waals surface area contributed by atoms with E-state index in [1.54, 1.807) is 25.1 Å². The first-order chi connectivity index (χ1) is 12.0. The van der Waals surface area contributed by atoms with Crippen LogP contribution < -0.4 is 10.1 Å². The van der Waals surface area contributed by atoms with Gasteiger partial charge in [0.15, 0.2) is 5.69 Å². The highest BCUT2D eigenvalue weighted by Crippen LogP contribution is 2.24. The summed E-state index contributed by atoms with van der Waals surface area (Å²) in [5, 5.41) is 7.39. The van der Waals surface area contributed by atoms with E-state index in [4.69, 9.17) is 32.5 Å². The zero-order valence-corrected chi connectivity index (χ0v) is 14.8. The SMILES string of the molecule is Cc1onc(C(=O)Nc2cc(Cl)cc(Cl)c2)c1COc1ccccc1. The topological polar surface area (TPSA) is 64.4 Å². The zero-order chi connectivity index (χ0) is 17.8. The fourth-order valence-corrected chi connectivity index (χ4v) is 2.75. The summed E-state index contributed by atoms with van der Waals surface area (Å²) in [6.45, 7) is 1.89. The molecule has 0 atom stereocenters. The molecule has 1 N–H and O–H groups in total. The van der Waals surface area contributed by atoms with Gasteiger partial charge in [0, 0.05) is 15.7 Å². The third-order valence-electron chi connectivity index (χ3n) is 3.45. The molecule has 0 aliphatic heterocycles. The Morgan fingerprint density at radius 3 is 2.52 bits per heavy atom. The average Bonchev–Trinajstić information content (AvgIpc) is 2.94. The molecule has 5 nitrogen and oxygen atoms in total. The highest BCUT2D eigenvalue weighted by molar-refractivity contribution is 6.35. The first-order valence-corrected chi connectivity index (χ1v) is 8.19. The van der Waals surface area contributed by atoms with Crippen molar-refractivity contribution in [3.63, 3.8) is 0 Å². The lowest BCUT2D eigenvalue weighted by atomic mass is 10.2. The number of nitrogens with one attached hydrogen (secondary N) is 1. The smallest absolute Gasteiger partial charge is 0.278 e. The Morgan fingerprint density at radius 1 is 1.16 bits per heavy atom. The largest absolute Gasteiger partial charge is 0.489 e. The van der Waals surface area contributed by atoms with Gasteiger partial charge < -0.3 is 14.6 Å². The second-order valence-corrected chi connectivity index (χ2v) is 6.15. The van der Waals surface area contributed by atoms with Crippen molar-refractivity contribution in [2.75, 3.05) is 5.32 Å². The highest BCUT2D eigenvalue weighted by Gasteiger charge is 2.20. The molecule has 0 aliphatic rings. The van der Waals surface area contributed by atoms with Crippen LogP contribution in [0.1, 0.15) is 21.8 Å². The summed E-state index contributed by atoms with van der Waals surface area (Å²) in [4.78, 5) is 12.5. The van der Waals surface area contributed by atoms with Crippen molar-refractivity contribution >= 4 is 34.8 Å². The molecule has 1 aromatic heterocycles. The molecular weight excluding hydrogens is 363 g/mol. The van der Waals surface area contributed by atoms with E-state index in [0.29, 0.717) is 32.8 Å². The quantitative estimate of drug-likeness (QED) is 0.670. The summed E-state index contributed by atoms with van der Waals surface area (Å²) < 4.78 is 10.8. The molecule has 0 saturated heterocycles. The second-order valence-electron chi connectivity index (χ2n) is 5.28. The van der Waals surface area contributed by atoms with E-state index in [-0.39, 0.29) is 12.3 Å². The standard InChI is InChI=1S/C18H14Cl2N2O3/c1-11-16(10-24-15-5-3-2-4-6-15)17(22-25-11)18(23)21-14-8-12(19)7-13(20)9-14/h2-9H,10H2,1H3,(H,21,23). The number of hydrogen-bond acceptors (Lipinski definition) is 4. The number of amides is 1. The predicted octanol–water partition coefficient (Wildman–Crippen LogP) is 5.12. The summed E-state index contributed by atoms with van der Waals surface area (Å²) in [5.74, 6) is 0.781. The molecule has 0 unspecified atom stereocenters. The summed E-state index contributed by atoms with van der Waals surface area (Å²) in [7, 11) is 0. The zero-order valence-electron chi connectivity index (χ0n) is 13.3. The average molecular weight is 377 g/mol. The minimum absolute atomic E-state index is 0.157. The maximum atomic E-state index is 12.5. The molecule has 128 valence electrons. The molecule has 0 radical (unpaired) electrons. The van der Waals surface area contributed by atoms with Gasteiger partial charge >= 0.3 is 0 Å². The summed E-state index contributed by atoms with van der Waals surface area (Å²) in [5.41, 5.74) is 1.21. The van der Waals surface area contributed by atoms with E-state index in [2.05, 4.69) is 10.5 Å². The van der Waals surface area contributed by atoms with Crippen LogP contribution in [0.15, 0.2) is 53.1 Å². The fraction of sp³-hybridized carbons (Fsp3) is 0.111. The number of carbonyl (C=O) groups excluding carboxylic acids is 1. The van der Waals surface area contributed by atoms with Gasteiger partial charge in [0.25, 0.3) is 5.91 Å². The van der Waals surface area contributed by atoms with Crippen LogP contribution >= 0.6 is 23.2 Å². The Kier molecular flexibility index (Phi) is 5.26. The number of aryl methyl sites for hydroxylation is 1. The molecule has 3 aromatic rings. The number of para-hydroxylation sites is 1. The number of carbonyl (C=O) groups is 1. The van der Waals surface area contributed by atoms with Crippen molar-refractivity contribution in [2.45, 2.75) is 13.5 Å². The Hall–Kier alpha value is -2.50. The maximum Gasteiger partial charge on any atom is 0.278 e. The number of benzene rings is 2. The number of anilines is 1. The first-order valence-electron chi connectivity index (χ1n) is 7.43. The second kappa shape index (κ2) is 7.59. The van der Waals surface area contributed by atoms with Gasteiger partial charge in [0.05, 0.1) is 5.56 Å². The van der Waals surface area contributed by atoms with Gasteiger partial charge in [0.2, 0.25) is 0 Å². The normalized spacial score (nSPS) is 10.5. The van der Waals surface area contributed by atoms with Crippen molar-refractivity contribution in [2.24, 2.45) is 0 Å². The molecule has 0 spiro atoms. The molecule has 1 amide bonds. The van der Waals surface area contributed by atoms with E-state index < -0.39 is 5.91 Å². The summed E-state index contributed by atoms with van der Waals surface area (Å²) >= 11 is 11.9. The maximum absolute atomic E-state index is 12.5. The van der Waals surface area contributed by atoms with Crippen LogP contribution in [0.2, 0.25) is 10.0 Å². The number of ether oxygens (including phenoxy) is 1. The van der Waals surface area contributed by atoms with Crippen LogP contribution in [-0.2, 0) is 6.61 Å². The Morgan fingerprint density at radius 2 is 1.84 bits per heavy atom. The molecule has 25 heavy (non-hydrogen) atoms. The van der Waals surface area contributed by atoms with Gasteiger partial charge in [-0.3, -0.25) is 4.79 Å². The van der Waals surface area contributed by atoms with Crippen LogP contribution in [0.4, 0.5) is 5.69 Å². The van der Waals surface area contributed by atoms with Crippen LogP contribution in [0.5, 0.6) is 5.75 Å². The number of nitrogens with zero attached hydrogens (tertiary/aromatic N) is 1. The van der Waals surface area contributed by atoms with E-state index in [9.17, 15) is 4.79 Å². The van der Waals surface area contributed by atoms with Crippen molar-refractivity contribution < 1.29 is 14.1 Å². The number of rotatable bonds is 5. The van der Waals surface area contributed by atoms with Crippen LogP contribution in [-0.4, -0.2) is 11.1 Å². The molecule has 0 saturated carbocycles. The lowest BCUT2D eigenvalue weighted by Gasteiger charge is -2.08. The number of hydrogen-bond donors (Lipinski definition) is 1. The molecule has 0 bridgehead atoms. The first kappa shape index (κ1) is 17.3. The van der Waals surface area contributed by atoms with E-state index >= 15 is 0 Å². The molecule has 3 rings (SSSR count). The highest BCUT2D eigenvalue weighted by atomic mass is 35.5. The fourth-order valence-electron chi connectivity index (χ4n) is 2.23. The Labute approximate surface area is 154 Å². The predicted molar refractivity (Wildman–Crippen MR) is 96.4 cm³/mol. The van der Waals surface area contributed by atoms with Gasteiger partial charge in [0.1, 0.15) is 18.1 Å². The third kappa shape index (κ3) is 4.32. The molecule has 0 aliphatic carbocycles. The number of halogens is 2. The van der Waals surface area contributed by atoms with Gasteiger partial charge in [-0.25, -0.2) is 0 Å². The minimum atomic E-state index is -0.429. The van der Waals surface area contributed by atoms with Crippen molar-refractivity contribution in [1.29, 1.82) is 0 Å². The molecule has 0 fully saturated rings. The lowest BCUT2D eigenvalue weighted by Crippen LogP contribution is -2.15. The molecule has 7 heteroatoms. The van der Waals surface area contributed by atoms with Crippen LogP contribution in [0, 0.1) is 6.92 Å². The van der Waals surface area contributed by atoms with Gasteiger partial charge in [-0.1, -0.05) is 46.6 Å². The summed E-state index contributed by atoms with van der Waals surface area (Å²) in [6, 6.07) is 14.1. The summed E-state index contributed by atoms with van der Waals surface area (Å²) in [6.07, 6.45) is 0. The van der Waals surface area contributed by atoms with Crippen LogP contribution in [0.3, 0.4) is 0 Å². The van der Waals surface area contributed by atoms with Crippen LogP contribution in [0.25, 0.3) is 0 Å². The number of aromatic nitrogens is 1. The van der Waals surface area contributed by atoms with Crippen molar-refractivity contribution in [3.8, 4) is 5.75 Å². The molecule has 1 heterocycles.